The third-order valence-electron chi connectivity index (χ3n) is 3.31. The maximum Gasteiger partial charge on any atom is 0.341 e. The van der Waals surface area contributed by atoms with Gasteiger partial charge in [0.05, 0.1) is 11.8 Å². The first kappa shape index (κ1) is 12.2. The summed E-state index contributed by atoms with van der Waals surface area (Å²) >= 11 is 1.64. The first-order valence-electron chi connectivity index (χ1n) is 5.87. The van der Waals surface area contributed by atoms with E-state index in [1.807, 2.05) is 30.5 Å². The number of hydrogen-bond acceptors (Lipinski definition) is 4. The lowest BCUT2D eigenvalue weighted by atomic mass is 9.89. The van der Waals surface area contributed by atoms with Crippen LogP contribution in [0.4, 0.5) is 4.79 Å². The number of cyclic esters (lactones) is 1. The zero-order valence-electron chi connectivity index (χ0n) is 10.3. The van der Waals surface area contributed by atoms with Gasteiger partial charge in [0.25, 0.3) is 0 Å². The largest absolute Gasteiger partial charge is 0.459 e. The Morgan fingerprint density at radius 2 is 2.05 bits per heavy atom. The van der Waals surface area contributed by atoms with Crippen molar-refractivity contribution in [1.82, 2.24) is 5.32 Å². The van der Waals surface area contributed by atoms with Crippen LogP contribution in [-0.2, 0) is 9.53 Å². The Bertz CT molecular complexity index is 568. The maximum atomic E-state index is 11.8. The molecule has 0 spiro atoms. The highest BCUT2D eigenvalue weighted by atomic mass is 32.2. The van der Waals surface area contributed by atoms with Crippen molar-refractivity contribution in [2.45, 2.75) is 10.9 Å². The van der Waals surface area contributed by atoms with Crippen molar-refractivity contribution in [3.05, 3.63) is 29.8 Å². The molecule has 1 N–H and O–H groups in total. The van der Waals surface area contributed by atoms with E-state index in [0.29, 0.717) is 5.71 Å². The van der Waals surface area contributed by atoms with Crippen LogP contribution < -0.4 is 5.32 Å². The van der Waals surface area contributed by atoms with E-state index < -0.39 is 11.9 Å². The van der Waals surface area contributed by atoms with E-state index >= 15 is 0 Å². The van der Waals surface area contributed by atoms with E-state index in [1.54, 1.807) is 11.8 Å². The van der Waals surface area contributed by atoms with Gasteiger partial charge in [-0.1, -0.05) is 12.1 Å². The number of aliphatic imine (C=N–C) groups is 1. The van der Waals surface area contributed by atoms with Gasteiger partial charge in [0, 0.05) is 4.90 Å². The second-order valence-corrected chi connectivity index (χ2v) is 5.27. The van der Waals surface area contributed by atoms with Gasteiger partial charge in [0.15, 0.2) is 0 Å². The van der Waals surface area contributed by atoms with Crippen LogP contribution in [0.25, 0.3) is 0 Å². The van der Waals surface area contributed by atoms with Crippen molar-refractivity contribution < 1.29 is 14.3 Å². The smallest absolute Gasteiger partial charge is 0.341 e. The molecule has 19 heavy (non-hydrogen) atoms. The van der Waals surface area contributed by atoms with Gasteiger partial charge in [-0.2, -0.15) is 4.99 Å². The molecule has 1 saturated heterocycles. The minimum absolute atomic E-state index is 0.121. The number of carbonyl (C=O) groups excluding carboxylic acids is 2. The summed E-state index contributed by atoms with van der Waals surface area (Å²) in [7, 11) is 0. The molecule has 1 aromatic rings. The molecule has 0 aliphatic carbocycles. The number of hydrogen-bond donors (Lipinski definition) is 1. The number of fused-ring (bicyclic) bond motifs is 1. The van der Waals surface area contributed by atoms with Crippen molar-refractivity contribution in [3.8, 4) is 0 Å². The van der Waals surface area contributed by atoms with Crippen LogP contribution in [0.5, 0.6) is 0 Å². The SMILES string of the molecule is CSc1ccc(C2NC(=O)N=C3COC(=O)C32)cc1. The van der Waals surface area contributed by atoms with E-state index in [4.69, 9.17) is 4.74 Å². The van der Waals surface area contributed by atoms with E-state index in [-0.39, 0.29) is 18.6 Å². The molecule has 0 saturated carbocycles. The molecule has 2 aliphatic heterocycles. The number of thioether (sulfide) groups is 1. The zero-order valence-corrected chi connectivity index (χ0v) is 11.1. The van der Waals surface area contributed by atoms with E-state index in [9.17, 15) is 9.59 Å². The molecule has 0 radical (unpaired) electrons. The third-order valence-corrected chi connectivity index (χ3v) is 4.05. The summed E-state index contributed by atoms with van der Waals surface area (Å²) in [5.74, 6) is -0.810. The predicted octanol–water partition coefficient (Wildman–Crippen LogP) is 1.79. The van der Waals surface area contributed by atoms with E-state index in [2.05, 4.69) is 10.3 Å². The maximum absolute atomic E-state index is 11.8. The molecule has 3 rings (SSSR count). The number of rotatable bonds is 2. The summed E-state index contributed by atoms with van der Waals surface area (Å²) in [6, 6.07) is 6.99. The molecule has 1 aromatic carbocycles. The lowest BCUT2D eigenvalue weighted by Crippen LogP contribution is -2.41. The Hall–Kier alpha value is -1.82. The average molecular weight is 276 g/mol. The van der Waals surface area contributed by atoms with Crippen LogP contribution in [0.3, 0.4) is 0 Å². The summed E-state index contributed by atoms with van der Waals surface area (Å²) in [5, 5.41) is 2.74. The van der Waals surface area contributed by atoms with Crippen molar-refractivity contribution >= 4 is 29.5 Å². The van der Waals surface area contributed by atoms with Gasteiger partial charge in [0.1, 0.15) is 12.5 Å². The minimum Gasteiger partial charge on any atom is -0.459 e. The van der Waals surface area contributed by atoms with Gasteiger partial charge in [0.2, 0.25) is 0 Å². The van der Waals surface area contributed by atoms with Crippen LogP contribution in [0.2, 0.25) is 0 Å². The first-order valence-corrected chi connectivity index (χ1v) is 7.10. The Kier molecular flexibility index (Phi) is 3.02. The number of amides is 2. The number of benzene rings is 1. The molecule has 5 nitrogen and oxygen atoms in total. The highest BCUT2D eigenvalue weighted by Gasteiger charge is 2.44. The molecular formula is C13H12N2O3S. The average Bonchev–Trinajstić information content (AvgIpc) is 2.79. The molecule has 0 bridgehead atoms. The Morgan fingerprint density at radius 1 is 1.32 bits per heavy atom. The van der Waals surface area contributed by atoms with Gasteiger partial charge < -0.3 is 10.1 Å². The number of ether oxygens (including phenoxy) is 1. The monoisotopic (exact) mass is 276 g/mol. The zero-order chi connectivity index (χ0) is 13.4. The predicted molar refractivity (Wildman–Crippen MR) is 71.4 cm³/mol. The molecule has 2 heterocycles. The lowest BCUT2D eigenvalue weighted by Gasteiger charge is -2.25. The molecular weight excluding hydrogens is 264 g/mol. The summed E-state index contributed by atoms with van der Waals surface area (Å²) in [5.41, 5.74) is 1.41. The van der Waals surface area contributed by atoms with Gasteiger partial charge in [-0.25, -0.2) is 4.79 Å². The quantitative estimate of drug-likeness (QED) is 0.660. The minimum atomic E-state index is -0.488. The molecule has 2 aliphatic rings. The second kappa shape index (κ2) is 4.70. The summed E-state index contributed by atoms with van der Waals surface area (Å²) in [4.78, 5) is 28.3. The highest BCUT2D eigenvalue weighted by Crippen LogP contribution is 2.32. The fraction of sp³-hybridized carbons (Fsp3) is 0.308. The number of nitrogens with zero attached hydrogens (tertiary/aromatic N) is 1. The number of carbonyl (C=O) groups is 2. The molecule has 98 valence electrons. The van der Waals surface area contributed by atoms with E-state index in [1.165, 1.54) is 0 Å². The summed E-state index contributed by atoms with van der Waals surface area (Å²) in [6.07, 6.45) is 2.00. The second-order valence-electron chi connectivity index (χ2n) is 4.39. The van der Waals surface area contributed by atoms with Crippen molar-refractivity contribution in [2.75, 3.05) is 12.9 Å². The van der Waals surface area contributed by atoms with Gasteiger partial charge in [-0.3, -0.25) is 4.79 Å². The fourth-order valence-electron chi connectivity index (χ4n) is 2.36. The van der Waals surface area contributed by atoms with Gasteiger partial charge >= 0.3 is 12.0 Å². The first-order chi connectivity index (χ1) is 9.19. The van der Waals surface area contributed by atoms with Crippen LogP contribution in [0.1, 0.15) is 11.6 Å². The number of esters is 1. The number of urea groups is 1. The lowest BCUT2D eigenvalue weighted by molar-refractivity contribution is -0.141. The third kappa shape index (κ3) is 2.12. The molecule has 2 atom stereocenters. The normalized spacial score (nSPS) is 25.4. The Morgan fingerprint density at radius 3 is 2.74 bits per heavy atom. The molecule has 1 fully saturated rings. The molecule has 2 unspecified atom stereocenters. The standard InChI is InChI=1S/C13H12N2O3S/c1-19-8-4-2-7(3-5-8)11-10-9(6-18-12(10)16)14-13(17)15-11/h2-5,10-11H,6H2,1H3,(H,15,17). The van der Waals surface area contributed by atoms with Crippen LogP contribution in [-0.4, -0.2) is 30.6 Å². The Labute approximate surface area is 114 Å². The molecule has 0 aromatic heterocycles. The van der Waals surface area contributed by atoms with Crippen molar-refractivity contribution in [1.29, 1.82) is 0 Å². The van der Waals surface area contributed by atoms with Crippen LogP contribution in [0.15, 0.2) is 34.2 Å². The van der Waals surface area contributed by atoms with Gasteiger partial charge in [-0.15, -0.1) is 11.8 Å². The summed E-state index contributed by atoms with van der Waals surface area (Å²) in [6.45, 7) is 0.121. The molecule has 6 heteroatoms. The van der Waals surface area contributed by atoms with E-state index in [0.717, 1.165) is 10.5 Å². The van der Waals surface area contributed by atoms with Gasteiger partial charge in [-0.05, 0) is 24.0 Å². The van der Waals surface area contributed by atoms with Crippen LogP contribution in [0, 0.1) is 5.92 Å². The van der Waals surface area contributed by atoms with Crippen LogP contribution >= 0.6 is 11.8 Å². The number of nitrogens with one attached hydrogen (secondary N) is 1. The van der Waals surface area contributed by atoms with Crippen molar-refractivity contribution in [2.24, 2.45) is 10.9 Å². The highest BCUT2D eigenvalue weighted by molar-refractivity contribution is 7.98. The summed E-state index contributed by atoms with van der Waals surface area (Å²) < 4.78 is 4.98. The fourth-order valence-corrected chi connectivity index (χ4v) is 2.77. The Balaban J connectivity index is 1.96. The van der Waals surface area contributed by atoms with Crippen molar-refractivity contribution in [3.63, 3.8) is 0 Å². The molecule has 2 amide bonds. The topological polar surface area (TPSA) is 67.8 Å².